The van der Waals surface area contributed by atoms with Gasteiger partial charge < -0.3 is 113 Å². The second-order valence-corrected chi connectivity index (χ2v) is 31.0. The SMILES string of the molecule is CC(C)(C)OC(=O)N[C@@H](CCCCN=[N+]=[N-])C(=O)O[C@H]1[C@@H](O)[C@H](n2cnc3c(N)ncnc32)O[C@@H]1COP(=O)(O)O[C@H]1C[C@H](n2ccc(N)nc2=O)O[C@@H]1CO[P+](O)(O)O.O.O.O=C(O)C(F)(F)F.[N-]=[N+]=NCCCC[C@H](N)C(=O)O[C@H]1[C@@H](O)[C@H](n2cnc3c(N)ncnc32)O[C@@H]1COP(=O)(O)O[C@H]1C[C@H](n2ccc(N)nc2=O)O[C@@H]1COPO. The van der Waals surface area contributed by atoms with Crippen LogP contribution in [0.25, 0.3) is 43.2 Å². The Hall–Kier alpha value is -9.37. The minimum Gasteiger partial charge on any atom is -0.475 e. The fourth-order valence-corrected chi connectivity index (χ4v) is 14.1. The van der Waals surface area contributed by atoms with Crippen molar-refractivity contribution in [2.24, 2.45) is 16.0 Å². The number of nitrogen functional groups attached to an aromatic ring is 4. The number of alkyl halides is 3. The van der Waals surface area contributed by atoms with Gasteiger partial charge in [-0.05, 0) is 69.6 Å². The molecular formula is C57H86F3N24O32P4+. The number of aliphatic carboxylic acids is 1. The highest BCUT2D eigenvalue weighted by atomic mass is 31.2. The van der Waals surface area contributed by atoms with Crippen molar-refractivity contribution in [3.8, 4) is 0 Å². The fourth-order valence-electron chi connectivity index (χ4n) is 11.6. The average molecular weight is 1800 g/mol. The van der Waals surface area contributed by atoms with E-state index in [-0.39, 0.29) is 108 Å². The number of carboxylic acids is 1. The largest absolute Gasteiger partial charge is 0.567 e. The van der Waals surface area contributed by atoms with E-state index in [1.165, 1.54) is 52.6 Å². The van der Waals surface area contributed by atoms with Crippen LogP contribution in [0.3, 0.4) is 0 Å². The van der Waals surface area contributed by atoms with Crippen LogP contribution >= 0.6 is 32.9 Å². The number of phosphoric acid groups is 2. The van der Waals surface area contributed by atoms with Gasteiger partial charge in [-0.1, -0.05) is 23.1 Å². The molecule has 0 saturated carbocycles. The molecule has 0 spiro atoms. The van der Waals surface area contributed by atoms with Crippen LogP contribution in [0.5, 0.6) is 0 Å². The number of imidazole rings is 2. The summed E-state index contributed by atoms with van der Waals surface area (Å²) in [5.74, 6) is -4.82. The molecule has 0 bridgehead atoms. The van der Waals surface area contributed by atoms with E-state index in [0.717, 1.165) is 15.5 Å². The summed E-state index contributed by atoms with van der Waals surface area (Å²) in [6, 6.07) is 0.137. The summed E-state index contributed by atoms with van der Waals surface area (Å²) in [7, 11) is -16.0. The number of carboxylic acid groups (broad SMARTS) is 1. The van der Waals surface area contributed by atoms with Crippen LogP contribution < -0.4 is 45.4 Å². The second kappa shape index (κ2) is 43.9. The quantitative estimate of drug-likeness (QED) is 0.00421. The number of hydrogen-bond acceptors (Lipinski definition) is 42. The van der Waals surface area contributed by atoms with Crippen molar-refractivity contribution < 1.29 is 157 Å². The van der Waals surface area contributed by atoms with Crippen molar-refractivity contribution in [1.29, 1.82) is 0 Å². The van der Waals surface area contributed by atoms with Gasteiger partial charge in [0.2, 0.25) is 0 Å². The number of hydrogen-bond donors (Lipinski definition) is 15. The lowest BCUT2D eigenvalue weighted by Crippen LogP contribution is -2.47. The third-order valence-electron chi connectivity index (χ3n) is 16.9. The van der Waals surface area contributed by atoms with E-state index in [1.807, 2.05) is 0 Å². The van der Waals surface area contributed by atoms with Gasteiger partial charge >= 0.3 is 65.4 Å². The molecular weight excluding hydrogens is 1710 g/mol. The number of nitrogens with zero attached hydrogens (tertiary/aromatic N) is 18. The first-order valence-corrected chi connectivity index (χ1v) is 40.0. The molecule has 4 aliphatic heterocycles. The molecule has 0 radical (unpaired) electrons. The molecule has 666 valence electrons. The lowest BCUT2D eigenvalue weighted by molar-refractivity contribution is -0.192. The van der Waals surface area contributed by atoms with Crippen LogP contribution in [0.4, 0.5) is 41.2 Å². The number of nitrogens with one attached hydrogen (secondary N) is 1. The maximum Gasteiger partial charge on any atom is 0.567 e. The van der Waals surface area contributed by atoms with Crippen molar-refractivity contribution in [2.75, 3.05) is 62.5 Å². The first-order chi connectivity index (χ1) is 55.5. The number of carbonyl (C=O) groups is 4. The number of azide groups is 2. The van der Waals surface area contributed by atoms with Crippen LogP contribution in [0, 0.1) is 0 Å². The summed E-state index contributed by atoms with van der Waals surface area (Å²) < 4.78 is 134. The molecule has 3 unspecified atom stereocenters. The maximum atomic E-state index is 13.8. The topological polar surface area (TPSA) is 864 Å². The van der Waals surface area contributed by atoms with Gasteiger partial charge in [-0.3, -0.25) is 41.2 Å². The number of amides is 1. The van der Waals surface area contributed by atoms with E-state index in [4.69, 9.17) is 105 Å². The van der Waals surface area contributed by atoms with Gasteiger partial charge in [-0.2, -0.15) is 42.3 Å². The van der Waals surface area contributed by atoms with Crippen molar-refractivity contribution >= 4 is 102 Å². The number of aliphatic hydroxyl groups excluding tert-OH is 2. The standard InChI is InChI=1S/C30H44N12O16P2.C25H36N12O12P2.C2HF3O2.2H2O/c1-30(2,3)57-29(46)38-15(6-4-5-8-37-40-33)27(44)56-23-18(55-26(22(23)43)42-14-36-21-24(32)34-13-35-25(21)42)12-53-60(50,51)58-16-10-20(41-9-7-19(31)39-28(41)45)54-17(16)11-52-59(47,48)49;26-12(3-1-2-5-33-35-29)24(39)48-20-15(47-23(19(20)38)37-11-32-18-21(28)30-10-31-22(18)37)9-45-51(42,43)49-13-7-17(46-14(13)8-44-50-41)36-6-4-16(27)34-25(36)40;3-2(4,5)1(6)7;;/h7,9,13-18,20,22-23,26,43,47-49H,4-6,8,10-12H2,1-3H3,(H5-,31,32,34,35,38,39,45,46,50,51);4,6,10-15,17,19-20,23,38,41,50H,1-3,5,7-9,26H2,(H,42,43)(H2,27,34,40)(H2,28,30,31);(H,6,7);2*1H2/p+1/t15-,16-,17+,18+,20+,22+,23+,26+;12-,13-,14+,15+,17+,19+,20+,23+;;;/m00.../s1. The maximum absolute atomic E-state index is 13.8. The summed E-state index contributed by atoms with van der Waals surface area (Å²) >= 11 is 0. The molecule has 4 fully saturated rings. The zero-order chi connectivity index (χ0) is 86.8. The number of carbonyl (C=O) groups excluding carboxylic acids is 3. The normalized spacial score (nSPS) is 24.4. The predicted octanol–water partition coefficient (Wildman–Crippen LogP) is -1.23. The monoisotopic (exact) mass is 1800 g/mol. The first-order valence-electron chi connectivity index (χ1n) is 34.6. The zero-order valence-corrected chi connectivity index (χ0v) is 66.4. The molecule has 63 heteroatoms. The van der Waals surface area contributed by atoms with E-state index >= 15 is 0 Å². The Labute approximate surface area is 673 Å². The van der Waals surface area contributed by atoms with E-state index in [0.29, 0.717) is 19.3 Å². The molecule has 4 aliphatic rings. The molecule has 6 aromatic heterocycles. The summed E-state index contributed by atoms with van der Waals surface area (Å²) in [6.45, 7) is 2.40. The lowest BCUT2D eigenvalue weighted by atomic mass is 10.1. The number of anilines is 4. The van der Waals surface area contributed by atoms with E-state index in [9.17, 15) is 85.8 Å². The molecule has 4 saturated heterocycles. The number of aliphatic hydroxyl groups is 2. The Morgan fingerprint density at radius 2 is 1.11 bits per heavy atom. The third-order valence-corrected chi connectivity index (χ3v) is 19.7. The number of phosphoric ester groups is 2. The Bertz CT molecular complexity index is 4770. The smallest absolute Gasteiger partial charge is 0.475 e. The van der Waals surface area contributed by atoms with Crippen LogP contribution in [0.15, 0.2) is 69.7 Å². The van der Waals surface area contributed by atoms with Gasteiger partial charge in [-0.25, -0.2) is 63.0 Å². The van der Waals surface area contributed by atoms with Gasteiger partial charge in [-0.15, -0.1) is 0 Å². The van der Waals surface area contributed by atoms with E-state index in [2.05, 4.69) is 69.8 Å². The Balaban J connectivity index is 0.000000342. The average Bonchev–Trinajstić information content (AvgIpc) is 1.62. The van der Waals surface area contributed by atoms with Crippen molar-refractivity contribution in [1.82, 2.24) is 63.5 Å². The number of alkyl carbamates (subject to hydrolysis) is 1. The van der Waals surface area contributed by atoms with Gasteiger partial charge in [0.25, 0.3) is 0 Å². The molecule has 10 rings (SSSR count). The van der Waals surface area contributed by atoms with Crippen LogP contribution in [-0.4, -0.2) is 262 Å². The number of ether oxygens (including phenoxy) is 7. The number of halogens is 3. The van der Waals surface area contributed by atoms with Crippen LogP contribution in [0.1, 0.15) is 97.0 Å². The van der Waals surface area contributed by atoms with Gasteiger partial charge in [0.05, 0.1) is 32.5 Å². The van der Waals surface area contributed by atoms with E-state index < -0.39 is 198 Å². The molecule has 6 aromatic rings. The fraction of sp³-hybridized carbons (Fsp3) is 0.614. The van der Waals surface area contributed by atoms with Gasteiger partial charge in [0, 0.05) is 48.1 Å². The highest BCUT2D eigenvalue weighted by Gasteiger charge is 2.53. The molecule has 0 aliphatic carbocycles. The minimum atomic E-state index is -5.23. The van der Waals surface area contributed by atoms with Gasteiger partial charge in [0.1, 0.15) is 121 Å². The van der Waals surface area contributed by atoms with Crippen molar-refractivity contribution in [2.45, 2.75) is 182 Å². The molecule has 24 N–H and O–H groups in total. The molecule has 120 heavy (non-hydrogen) atoms. The summed E-state index contributed by atoms with van der Waals surface area (Å²) in [5.41, 5.74) is 44.1. The number of aromatic nitrogens is 12. The predicted molar refractivity (Wildman–Crippen MR) is 397 cm³/mol. The number of nitrogens with two attached hydrogens (primary N) is 5. The number of rotatable bonds is 35. The number of unbranched alkanes of at least 4 members (excludes halogenated alkanes) is 2. The number of fused-ring (bicyclic) bond motifs is 2. The van der Waals surface area contributed by atoms with Crippen LogP contribution in [0.2, 0.25) is 0 Å². The summed E-state index contributed by atoms with van der Waals surface area (Å²) in [4.78, 5) is 169. The lowest BCUT2D eigenvalue weighted by Gasteiger charge is -2.26. The molecule has 0 aromatic carbocycles. The van der Waals surface area contributed by atoms with Crippen molar-refractivity contribution in [3.63, 3.8) is 0 Å². The highest BCUT2D eigenvalue weighted by molar-refractivity contribution is 7.53. The molecule has 19 atom stereocenters. The minimum absolute atomic E-state index is 0. The zero-order valence-electron chi connectivity index (χ0n) is 62.8. The third kappa shape index (κ3) is 28.1. The molecule has 56 nitrogen and oxygen atoms in total. The molecule has 10 heterocycles. The Morgan fingerprint density at radius 3 is 1.52 bits per heavy atom. The summed E-state index contributed by atoms with van der Waals surface area (Å²) in [5, 5.41) is 39.4. The number of esters is 2. The first kappa shape index (κ1) is 99.4. The Morgan fingerprint density at radius 1 is 0.675 bits per heavy atom. The van der Waals surface area contributed by atoms with E-state index in [1.54, 1.807) is 20.8 Å². The second-order valence-electron chi connectivity index (χ2n) is 26.4. The molecule has 1 amide bonds. The van der Waals surface area contributed by atoms with Crippen LogP contribution in [-0.2, 0) is 83.8 Å². The highest BCUT2D eigenvalue weighted by Crippen LogP contribution is 2.53. The summed E-state index contributed by atoms with van der Waals surface area (Å²) in [6.07, 6.45) is -17.0. The Kier molecular flexibility index (Phi) is 36.4. The van der Waals surface area contributed by atoms with Gasteiger partial charge in [0.15, 0.2) is 56.6 Å². The van der Waals surface area contributed by atoms with Crippen molar-refractivity contribution in [3.05, 3.63) is 91.7 Å².